The highest BCUT2D eigenvalue weighted by atomic mass is 32.2. The number of hydrogen-bond donors (Lipinski definition) is 1. The van der Waals surface area contributed by atoms with Crippen molar-refractivity contribution in [2.75, 3.05) is 31.6 Å². The first-order chi connectivity index (χ1) is 18.6. The summed E-state index contributed by atoms with van der Waals surface area (Å²) in [7, 11) is -1.31. The van der Waals surface area contributed by atoms with E-state index in [0.717, 1.165) is 16.4 Å². The molecule has 0 aliphatic heterocycles. The fraction of sp³-hybridized carbons (Fsp3) is 0.286. The van der Waals surface area contributed by atoms with E-state index in [1.165, 1.54) is 55.5 Å². The average molecular weight is 558 g/mol. The van der Waals surface area contributed by atoms with E-state index in [9.17, 15) is 22.4 Å². The second-order valence-electron chi connectivity index (χ2n) is 8.56. The molecule has 2 amide bonds. The SMILES string of the molecule is CCOc1ccc(S(=O)(=O)N(CC(=O)N(Cc2cccc(OC)c2)[C@H](C)C(=O)NC)c2ccc(F)cc2)cc1. The molecule has 3 rings (SSSR count). The summed E-state index contributed by atoms with van der Waals surface area (Å²) in [4.78, 5) is 27.5. The molecule has 0 radical (unpaired) electrons. The van der Waals surface area contributed by atoms with Crippen LogP contribution in [-0.4, -0.2) is 58.5 Å². The Kier molecular flexibility index (Phi) is 9.89. The van der Waals surface area contributed by atoms with Crippen LogP contribution in [0.2, 0.25) is 0 Å². The molecule has 0 heterocycles. The quantitative estimate of drug-likeness (QED) is 0.365. The Morgan fingerprint density at radius 2 is 1.67 bits per heavy atom. The van der Waals surface area contributed by atoms with Crippen LogP contribution < -0.4 is 19.1 Å². The fourth-order valence-corrected chi connectivity index (χ4v) is 5.31. The number of carbonyl (C=O) groups is 2. The molecule has 0 bridgehead atoms. The largest absolute Gasteiger partial charge is 0.497 e. The third kappa shape index (κ3) is 7.26. The normalized spacial score (nSPS) is 11.8. The Balaban J connectivity index is 2.01. The van der Waals surface area contributed by atoms with Gasteiger partial charge in [-0.05, 0) is 80.1 Å². The lowest BCUT2D eigenvalue weighted by Crippen LogP contribution is -2.50. The maximum atomic E-state index is 13.8. The second-order valence-corrected chi connectivity index (χ2v) is 10.4. The van der Waals surface area contributed by atoms with Crippen molar-refractivity contribution in [2.45, 2.75) is 31.3 Å². The number of methoxy groups -OCH3 is 1. The molecule has 0 saturated carbocycles. The number of benzene rings is 3. The molecule has 9 nitrogen and oxygen atoms in total. The van der Waals surface area contributed by atoms with Gasteiger partial charge >= 0.3 is 0 Å². The zero-order chi connectivity index (χ0) is 28.6. The lowest BCUT2D eigenvalue weighted by molar-refractivity contribution is -0.139. The minimum atomic E-state index is -4.28. The molecule has 3 aromatic carbocycles. The molecule has 39 heavy (non-hydrogen) atoms. The van der Waals surface area contributed by atoms with Gasteiger partial charge in [0, 0.05) is 13.6 Å². The Labute approximate surface area is 228 Å². The van der Waals surface area contributed by atoms with Crippen LogP contribution in [0.5, 0.6) is 11.5 Å². The number of nitrogens with one attached hydrogen (secondary N) is 1. The highest BCUT2D eigenvalue weighted by Gasteiger charge is 2.32. The molecular weight excluding hydrogens is 525 g/mol. The molecule has 0 spiro atoms. The first kappa shape index (κ1) is 29.4. The molecule has 1 N–H and O–H groups in total. The van der Waals surface area contributed by atoms with Crippen LogP contribution in [-0.2, 0) is 26.2 Å². The molecular formula is C28H32FN3O6S. The number of likely N-dealkylation sites (N-methyl/N-ethyl adjacent to an activating group) is 1. The van der Waals surface area contributed by atoms with Gasteiger partial charge in [-0.25, -0.2) is 12.8 Å². The number of hydrogen-bond acceptors (Lipinski definition) is 6. The van der Waals surface area contributed by atoms with Crippen molar-refractivity contribution in [2.24, 2.45) is 0 Å². The Morgan fingerprint density at radius 3 is 2.26 bits per heavy atom. The van der Waals surface area contributed by atoms with Gasteiger partial charge in [-0.15, -0.1) is 0 Å². The van der Waals surface area contributed by atoms with Gasteiger partial charge in [0.05, 0.1) is 24.3 Å². The topological polar surface area (TPSA) is 105 Å². The minimum Gasteiger partial charge on any atom is -0.497 e. The lowest BCUT2D eigenvalue weighted by atomic mass is 10.1. The lowest BCUT2D eigenvalue weighted by Gasteiger charge is -2.31. The number of rotatable bonds is 12. The van der Waals surface area contributed by atoms with Crippen LogP contribution in [0.3, 0.4) is 0 Å². The van der Waals surface area contributed by atoms with Crippen LogP contribution in [0.4, 0.5) is 10.1 Å². The highest BCUT2D eigenvalue weighted by Crippen LogP contribution is 2.26. The molecule has 0 saturated heterocycles. The van der Waals surface area contributed by atoms with Crippen LogP contribution in [0.1, 0.15) is 19.4 Å². The third-order valence-corrected chi connectivity index (χ3v) is 7.81. The predicted octanol–water partition coefficient (Wildman–Crippen LogP) is 3.59. The van der Waals surface area contributed by atoms with Crippen LogP contribution in [0, 0.1) is 5.82 Å². The predicted molar refractivity (Wildman–Crippen MR) is 146 cm³/mol. The summed E-state index contributed by atoms with van der Waals surface area (Å²) in [5.74, 6) is -0.554. The minimum absolute atomic E-state index is 0.0188. The van der Waals surface area contributed by atoms with Gasteiger partial charge in [-0.3, -0.25) is 13.9 Å². The average Bonchev–Trinajstić information content (AvgIpc) is 2.94. The van der Waals surface area contributed by atoms with E-state index in [0.29, 0.717) is 23.7 Å². The number of sulfonamides is 1. The van der Waals surface area contributed by atoms with E-state index >= 15 is 0 Å². The van der Waals surface area contributed by atoms with Crippen LogP contribution in [0.15, 0.2) is 77.7 Å². The van der Waals surface area contributed by atoms with Crippen molar-refractivity contribution in [3.63, 3.8) is 0 Å². The number of halogens is 1. The first-order valence-corrected chi connectivity index (χ1v) is 13.7. The zero-order valence-electron chi connectivity index (χ0n) is 22.3. The van der Waals surface area contributed by atoms with E-state index in [4.69, 9.17) is 9.47 Å². The summed E-state index contributed by atoms with van der Waals surface area (Å²) < 4.78 is 52.8. The molecule has 0 aromatic heterocycles. The molecule has 1 atom stereocenters. The van der Waals surface area contributed by atoms with Crippen molar-refractivity contribution in [1.82, 2.24) is 10.2 Å². The van der Waals surface area contributed by atoms with Gasteiger partial charge in [0.1, 0.15) is 29.9 Å². The number of nitrogens with zero attached hydrogens (tertiary/aromatic N) is 2. The molecule has 11 heteroatoms. The van der Waals surface area contributed by atoms with Crippen molar-refractivity contribution in [1.29, 1.82) is 0 Å². The van der Waals surface area contributed by atoms with E-state index < -0.39 is 40.2 Å². The molecule has 3 aromatic rings. The number of anilines is 1. The molecule has 0 unspecified atom stereocenters. The molecule has 0 aliphatic carbocycles. The smallest absolute Gasteiger partial charge is 0.264 e. The van der Waals surface area contributed by atoms with E-state index in [-0.39, 0.29) is 17.1 Å². The molecule has 208 valence electrons. The Morgan fingerprint density at radius 1 is 1.00 bits per heavy atom. The fourth-order valence-electron chi connectivity index (χ4n) is 3.90. The van der Waals surface area contributed by atoms with E-state index in [2.05, 4.69) is 5.32 Å². The molecule has 0 aliphatic rings. The number of amides is 2. The van der Waals surface area contributed by atoms with Crippen molar-refractivity contribution >= 4 is 27.5 Å². The summed E-state index contributed by atoms with van der Waals surface area (Å²) in [6.07, 6.45) is 0. The Hall–Kier alpha value is -4.12. The van der Waals surface area contributed by atoms with Crippen LogP contribution in [0.25, 0.3) is 0 Å². The standard InChI is InChI=1S/C28H32FN3O6S/c1-5-38-24-13-15-26(16-14-24)39(35,36)32(23-11-9-22(29)10-12-23)19-27(33)31(20(2)28(34)30-3)18-21-7-6-8-25(17-21)37-4/h6-17,20H,5,18-19H2,1-4H3,(H,30,34)/t20-/m1/s1. The monoisotopic (exact) mass is 557 g/mol. The Bertz CT molecular complexity index is 1380. The second kappa shape index (κ2) is 13.1. The summed E-state index contributed by atoms with van der Waals surface area (Å²) in [6, 6.07) is 16.7. The van der Waals surface area contributed by atoms with Crippen LogP contribution >= 0.6 is 0 Å². The first-order valence-electron chi connectivity index (χ1n) is 12.3. The summed E-state index contributed by atoms with van der Waals surface area (Å²) in [5, 5.41) is 2.53. The van der Waals surface area contributed by atoms with E-state index in [1.54, 1.807) is 31.2 Å². The van der Waals surface area contributed by atoms with Gasteiger partial charge < -0.3 is 19.7 Å². The summed E-state index contributed by atoms with van der Waals surface area (Å²) >= 11 is 0. The van der Waals surface area contributed by atoms with Crippen molar-refractivity contribution in [3.8, 4) is 11.5 Å². The number of carbonyl (C=O) groups excluding carboxylic acids is 2. The maximum Gasteiger partial charge on any atom is 0.264 e. The van der Waals surface area contributed by atoms with Gasteiger partial charge in [-0.2, -0.15) is 0 Å². The highest BCUT2D eigenvalue weighted by molar-refractivity contribution is 7.92. The third-order valence-electron chi connectivity index (χ3n) is 6.02. The van der Waals surface area contributed by atoms with Crippen molar-refractivity contribution < 1.29 is 31.9 Å². The van der Waals surface area contributed by atoms with Gasteiger partial charge in [0.25, 0.3) is 10.0 Å². The number of ether oxygens (including phenoxy) is 2. The zero-order valence-corrected chi connectivity index (χ0v) is 23.1. The van der Waals surface area contributed by atoms with Gasteiger partial charge in [0.2, 0.25) is 11.8 Å². The van der Waals surface area contributed by atoms with Crippen molar-refractivity contribution in [3.05, 3.63) is 84.2 Å². The molecule has 0 fully saturated rings. The van der Waals surface area contributed by atoms with Gasteiger partial charge in [0.15, 0.2) is 0 Å². The van der Waals surface area contributed by atoms with E-state index in [1.807, 2.05) is 6.92 Å². The summed E-state index contributed by atoms with van der Waals surface area (Å²) in [6.45, 7) is 3.16. The van der Waals surface area contributed by atoms with Gasteiger partial charge in [-0.1, -0.05) is 12.1 Å². The summed E-state index contributed by atoms with van der Waals surface area (Å²) in [5.41, 5.74) is 0.772. The maximum absolute atomic E-state index is 13.8.